The Morgan fingerprint density at radius 3 is 2.82 bits per heavy atom. The van der Waals surface area contributed by atoms with E-state index < -0.39 is 6.09 Å². The first-order valence-corrected chi connectivity index (χ1v) is 7.37. The van der Waals surface area contributed by atoms with Crippen molar-refractivity contribution in [3.8, 4) is 0 Å². The highest BCUT2D eigenvalue weighted by atomic mass is 16.5. The quantitative estimate of drug-likeness (QED) is 0.927. The third-order valence-electron chi connectivity index (χ3n) is 3.96. The van der Waals surface area contributed by atoms with Crippen LogP contribution in [-0.4, -0.2) is 37.2 Å². The number of guanidine groups is 1. The standard InChI is InChI=1S/C17H19N3O2/c1-3-20-15(11-18-16(20)19-17(21)22-2)14-9-8-12-6-4-5-7-13(12)10-14/h4-10,15H,3,11H2,1-2H3,(H,18,19,21). The second kappa shape index (κ2) is 6.05. The highest BCUT2D eigenvalue weighted by molar-refractivity contribution is 5.95. The molecule has 1 aliphatic heterocycles. The SMILES string of the molecule is CCN1C(NC(=O)OC)=NCC1c1ccc2ccccc2c1. The third kappa shape index (κ3) is 2.62. The van der Waals surface area contributed by atoms with Gasteiger partial charge in [0.15, 0.2) is 0 Å². The van der Waals surface area contributed by atoms with Gasteiger partial charge >= 0.3 is 6.09 Å². The van der Waals surface area contributed by atoms with Crippen LogP contribution < -0.4 is 5.32 Å². The summed E-state index contributed by atoms with van der Waals surface area (Å²) in [6.07, 6.45) is -0.489. The van der Waals surface area contributed by atoms with Crippen molar-refractivity contribution in [1.82, 2.24) is 10.2 Å². The summed E-state index contributed by atoms with van der Waals surface area (Å²) in [4.78, 5) is 17.9. The van der Waals surface area contributed by atoms with Crippen LogP contribution in [-0.2, 0) is 4.74 Å². The Morgan fingerprint density at radius 2 is 2.09 bits per heavy atom. The first kappa shape index (κ1) is 14.4. The molecule has 0 aromatic heterocycles. The van der Waals surface area contributed by atoms with Crippen LogP contribution in [0.15, 0.2) is 47.5 Å². The lowest BCUT2D eigenvalue weighted by Gasteiger charge is -2.26. The van der Waals surface area contributed by atoms with Gasteiger partial charge in [-0.1, -0.05) is 36.4 Å². The van der Waals surface area contributed by atoms with Crippen molar-refractivity contribution in [2.75, 3.05) is 20.2 Å². The Morgan fingerprint density at radius 1 is 1.32 bits per heavy atom. The summed E-state index contributed by atoms with van der Waals surface area (Å²) in [5.41, 5.74) is 1.20. The van der Waals surface area contributed by atoms with E-state index in [-0.39, 0.29) is 6.04 Å². The van der Waals surface area contributed by atoms with E-state index in [0.29, 0.717) is 12.5 Å². The molecule has 2 aromatic rings. The number of rotatable bonds is 2. The van der Waals surface area contributed by atoms with Gasteiger partial charge in [-0.3, -0.25) is 10.3 Å². The molecule has 0 spiro atoms. The summed E-state index contributed by atoms with van der Waals surface area (Å²) in [6, 6.07) is 14.9. The molecule has 0 saturated heterocycles. The zero-order chi connectivity index (χ0) is 15.5. The number of carbonyl (C=O) groups is 1. The Bertz CT molecular complexity index is 727. The monoisotopic (exact) mass is 297 g/mol. The summed E-state index contributed by atoms with van der Waals surface area (Å²) in [7, 11) is 1.35. The fourth-order valence-corrected chi connectivity index (χ4v) is 2.83. The molecule has 2 aromatic carbocycles. The van der Waals surface area contributed by atoms with Crippen LogP contribution in [0.4, 0.5) is 4.79 Å². The fourth-order valence-electron chi connectivity index (χ4n) is 2.83. The second-order valence-corrected chi connectivity index (χ2v) is 5.19. The molecule has 0 aliphatic carbocycles. The minimum atomic E-state index is -0.489. The van der Waals surface area contributed by atoms with Gasteiger partial charge in [-0.15, -0.1) is 0 Å². The fraction of sp³-hybridized carbons (Fsp3) is 0.294. The molecule has 5 heteroatoms. The van der Waals surface area contributed by atoms with Crippen molar-refractivity contribution in [2.24, 2.45) is 4.99 Å². The van der Waals surface area contributed by atoms with Gasteiger partial charge in [0.05, 0.1) is 19.7 Å². The highest BCUT2D eigenvalue weighted by Gasteiger charge is 2.29. The lowest BCUT2D eigenvalue weighted by Crippen LogP contribution is -2.42. The van der Waals surface area contributed by atoms with E-state index in [0.717, 1.165) is 6.54 Å². The van der Waals surface area contributed by atoms with Gasteiger partial charge in [0.2, 0.25) is 5.96 Å². The van der Waals surface area contributed by atoms with Crippen molar-refractivity contribution in [2.45, 2.75) is 13.0 Å². The molecule has 3 rings (SSSR count). The second-order valence-electron chi connectivity index (χ2n) is 5.19. The minimum Gasteiger partial charge on any atom is -0.453 e. The Balaban J connectivity index is 1.86. The smallest absolute Gasteiger partial charge is 0.413 e. The van der Waals surface area contributed by atoms with Crippen molar-refractivity contribution < 1.29 is 9.53 Å². The molecular weight excluding hydrogens is 278 g/mol. The molecular formula is C17H19N3O2. The average Bonchev–Trinajstić information content (AvgIpc) is 2.96. The number of alkyl carbamates (subject to hydrolysis) is 1. The molecule has 1 unspecified atom stereocenters. The molecule has 5 nitrogen and oxygen atoms in total. The molecule has 114 valence electrons. The molecule has 1 heterocycles. The van der Waals surface area contributed by atoms with E-state index >= 15 is 0 Å². The first-order chi connectivity index (χ1) is 10.7. The van der Waals surface area contributed by atoms with Gasteiger partial charge in [0.25, 0.3) is 0 Å². The van der Waals surface area contributed by atoms with Crippen molar-refractivity contribution >= 4 is 22.8 Å². The van der Waals surface area contributed by atoms with Crippen LogP contribution in [0.25, 0.3) is 10.8 Å². The van der Waals surface area contributed by atoms with Crippen LogP contribution in [0.3, 0.4) is 0 Å². The van der Waals surface area contributed by atoms with E-state index in [9.17, 15) is 4.79 Å². The lowest BCUT2D eigenvalue weighted by molar-refractivity contribution is 0.175. The molecule has 0 saturated carbocycles. The predicted octanol–water partition coefficient (Wildman–Crippen LogP) is 2.93. The Labute approximate surface area is 129 Å². The van der Waals surface area contributed by atoms with Gasteiger partial charge in [-0.2, -0.15) is 0 Å². The normalized spacial score (nSPS) is 17.5. The highest BCUT2D eigenvalue weighted by Crippen LogP contribution is 2.28. The van der Waals surface area contributed by atoms with E-state index in [1.54, 1.807) is 0 Å². The topological polar surface area (TPSA) is 53.9 Å². The van der Waals surface area contributed by atoms with E-state index in [4.69, 9.17) is 0 Å². The number of likely N-dealkylation sites (N-methyl/N-ethyl adjacent to an activating group) is 1. The molecule has 0 radical (unpaired) electrons. The van der Waals surface area contributed by atoms with Gasteiger partial charge in [0.1, 0.15) is 0 Å². The number of hydrogen-bond acceptors (Lipinski definition) is 4. The largest absolute Gasteiger partial charge is 0.453 e. The Hall–Kier alpha value is -2.56. The molecule has 0 bridgehead atoms. The van der Waals surface area contributed by atoms with Crippen LogP contribution in [0.2, 0.25) is 0 Å². The van der Waals surface area contributed by atoms with Crippen LogP contribution >= 0.6 is 0 Å². The number of carbonyl (C=O) groups excluding carboxylic acids is 1. The zero-order valence-corrected chi connectivity index (χ0v) is 12.7. The average molecular weight is 297 g/mol. The number of amides is 1. The molecule has 1 atom stereocenters. The molecule has 0 fully saturated rings. The molecule has 22 heavy (non-hydrogen) atoms. The molecule has 1 N–H and O–H groups in total. The number of fused-ring (bicyclic) bond motifs is 1. The first-order valence-electron chi connectivity index (χ1n) is 7.37. The summed E-state index contributed by atoms with van der Waals surface area (Å²) in [5.74, 6) is 0.576. The van der Waals surface area contributed by atoms with E-state index in [1.165, 1.54) is 23.4 Å². The Kier molecular flexibility index (Phi) is 3.96. The number of nitrogens with one attached hydrogen (secondary N) is 1. The number of hydrogen-bond donors (Lipinski definition) is 1. The van der Waals surface area contributed by atoms with Crippen molar-refractivity contribution in [3.05, 3.63) is 48.0 Å². The van der Waals surface area contributed by atoms with E-state index in [2.05, 4.69) is 50.3 Å². The minimum absolute atomic E-state index is 0.141. The van der Waals surface area contributed by atoms with Gasteiger partial charge < -0.3 is 9.64 Å². The van der Waals surface area contributed by atoms with Crippen LogP contribution in [0.1, 0.15) is 18.5 Å². The zero-order valence-electron chi connectivity index (χ0n) is 12.7. The predicted molar refractivity (Wildman–Crippen MR) is 86.9 cm³/mol. The van der Waals surface area contributed by atoms with Crippen molar-refractivity contribution in [3.63, 3.8) is 0 Å². The molecule has 1 amide bonds. The summed E-state index contributed by atoms with van der Waals surface area (Å²) in [5, 5.41) is 5.12. The summed E-state index contributed by atoms with van der Waals surface area (Å²) in [6.45, 7) is 3.44. The number of nitrogens with zero attached hydrogens (tertiary/aromatic N) is 2. The summed E-state index contributed by atoms with van der Waals surface area (Å²) < 4.78 is 4.65. The lowest BCUT2D eigenvalue weighted by atomic mass is 10.0. The maximum Gasteiger partial charge on any atom is 0.413 e. The third-order valence-corrected chi connectivity index (χ3v) is 3.96. The summed E-state index contributed by atoms with van der Waals surface area (Å²) >= 11 is 0. The van der Waals surface area contributed by atoms with Crippen LogP contribution in [0.5, 0.6) is 0 Å². The van der Waals surface area contributed by atoms with Gasteiger partial charge in [-0.05, 0) is 29.3 Å². The maximum absolute atomic E-state index is 11.4. The molecule has 1 aliphatic rings. The number of aliphatic imine (C=N–C) groups is 1. The number of ether oxygens (including phenoxy) is 1. The maximum atomic E-state index is 11.4. The van der Waals surface area contributed by atoms with Crippen molar-refractivity contribution in [1.29, 1.82) is 0 Å². The van der Waals surface area contributed by atoms with E-state index in [1.807, 2.05) is 19.1 Å². The van der Waals surface area contributed by atoms with Crippen LogP contribution in [0, 0.1) is 0 Å². The van der Waals surface area contributed by atoms with Gasteiger partial charge in [-0.25, -0.2) is 4.79 Å². The van der Waals surface area contributed by atoms with Gasteiger partial charge in [0, 0.05) is 6.54 Å². The number of methoxy groups -OCH3 is 1. The number of benzene rings is 2.